The van der Waals surface area contributed by atoms with Gasteiger partial charge in [-0.1, -0.05) is 29.8 Å². The molecule has 18 heavy (non-hydrogen) atoms. The van der Waals surface area contributed by atoms with Gasteiger partial charge in [0.15, 0.2) is 0 Å². The molecule has 0 atom stereocenters. The van der Waals surface area contributed by atoms with Crippen molar-refractivity contribution in [1.29, 1.82) is 5.26 Å². The summed E-state index contributed by atoms with van der Waals surface area (Å²) in [5.41, 5.74) is 8.38. The molecule has 0 amide bonds. The van der Waals surface area contributed by atoms with Crippen molar-refractivity contribution in [2.75, 3.05) is 5.73 Å². The molecule has 0 aliphatic heterocycles. The number of nitrogens with zero attached hydrogens (tertiary/aromatic N) is 3. The molecule has 0 bridgehead atoms. The van der Waals surface area contributed by atoms with Gasteiger partial charge < -0.3 is 5.73 Å². The predicted octanol–water partition coefficient (Wildman–Crippen LogP) is 3.16. The number of nitrogen functional groups attached to an aromatic ring is 1. The topological polar surface area (TPSA) is 75.6 Å². The number of anilines is 1. The van der Waals surface area contributed by atoms with Crippen LogP contribution in [0.1, 0.15) is 11.1 Å². The van der Waals surface area contributed by atoms with Gasteiger partial charge in [-0.3, -0.25) is 0 Å². The van der Waals surface area contributed by atoms with E-state index >= 15 is 0 Å². The Labute approximate surface area is 123 Å². The minimum atomic E-state index is 0.0980. The molecule has 2 rings (SSSR count). The monoisotopic (exact) mass is 370 g/mol. The van der Waals surface area contributed by atoms with Crippen LogP contribution in [0.15, 0.2) is 18.2 Å². The van der Waals surface area contributed by atoms with Crippen LogP contribution in [-0.2, 0) is 0 Å². The Bertz CT molecular complexity index is 664. The highest BCUT2D eigenvalue weighted by Gasteiger charge is 2.15. The molecule has 2 aromatic rings. The number of halogens is 2. The molecule has 0 unspecified atom stereocenters. The van der Waals surface area contributed by atoms with Gasteiger partial charge in [0.2, 0.25) is 5.95 Å². The van der Waals surface area contributed by atoms with Gasteiger partial charge in [-0.25, -0.2) is 9.97 Å². The molecule has 1 aromatic heterocycles. The third-order valence-corrected chi connectivity index (χ3v) is 4.08. The van der Waals surface area contributed by atoms with Gasteiger partial charge in [-0.05, 0) is 35.1 Å². The third kappa shape index (κ3) is 2.26. The minimum Gasteiger partial charge on any atom is -0.368 e. The van der Waals surface area contributed by atoms with Crippen LogP contribution in [0.25, 0.3) is 11.3 Å². The lowest BCUT2D eigenvalue weighted by atomic mass is 10.0. The summed E-state index contributed by atoms with van der Waals surface area (Å²) in [7, 11) is 0. The van der Waals surface area contributed by atoms with E-state index in [9.17, 15) is 5.26 Å². The van der Waals surface area contributed by atoms with E-state index in [-0.39, 0.29) is 5.95 Å². The van der Waals surface area contributed by atoms with E-state index < -0.39 is 0 Å². The van der Waals surface area contributed by atoms with Crippen LogP contribution in [-0.4, -0.2) is 9.97 Å². The van der Waals surface area contributed by atoms with E-state index in [0.29, 0.717) is 20.0 Å². The first-order valence-electron chi connectivity index (χ1n) is 5.03. The highest BCUT2D eigenvalue weighted by Crippen LogP contribution is 2.31. The lowest BCUT2D eigenvalue weighted by Crippen LogP contribution is -2.01. The highest BCUT2D eigenvalue weighted by atomic mass is 127. The Balaban J connectivity index is 2.78. The molecule has 0 aliphatic carbocycles. The first-order chi connectivity index (χ1) is 8.54. The van der Waals surface area contributed by atoms with Gasteiger partial charge in [0, 0.05) is 5.56 Å². The number of hydrogen-bond donors (Lipinski definition) is 1. The number of rotatable bonds is 1. The molecule has 2 N–H and O–H groups in total. The van der Waals surface area contributed by atoms with Crippen LogP contribution < -0.4 is 5.73 Å². The van der Waals surface area contributed by atoms with Crippen LogP contribution in [0.2, 0.25) is 5.15 Å². The minimum absolute atomic E-state index is 0.0980. The van der Waals surface area contributed by atoms with E-state index in [2.05, 4.69) is 16.0 Å². The summed E-state index contributed by atoms with van der Waals surface area (Å²) >= 11 is 8.03. The van der Waals surface area contributed by atoms with Gasteiger partial charge in [0.1, 0.15) is 11.2 Å². The van der Waals surface area contributed by atoms with Gasteiger partial charge in [0.25, 0.3) is 0 Å². The largest absolute Gasteiger partial charge is 0.368 e. The van der Waals surface area contributed by atoms with Crippen LogP contribution in [0.4, 0.5) is 5.95 Å². The summed E-state index contributed by atoms with van der Waals surface area (Å²) in [6, 6.07) is 7.75. The lowest BCUT2D eigenvalue weighted by molar-refractivity contribution is 1.17. The zero-order valence-corrected chi connectivity index (χ0v) is 12.3. The molecule has 0 saturated carbocycles. The zero-order valence-electron chi connectivity index (χ0n) is 9.41. The van der Waals surface area contributed by atoms with Crippen LogP contribution in [0.5, 0.6) is 0 Å². The zero-order chi connectivity index (χ0) is 13.3. The van der Waals surface area contributed by atoms with Crippen LogP contribution >= 0.6 is 34.2 Å². The second kappa shape index (κ2) is 5.08. The maximum atomic E-state index is 9.23. The Morgan fingerprint density at radius 1 is 1.39 bits per heavy atom. The van der Waals surface area contributed by atoms with Crippen molar-refractivity contribution in [2.24, 2.45) is 0 Å². The van der Waals surface area contributed by atoms with Crippen molar-refractivity contribution in [3.05, 3.63) is 38.0 Å². The standard InChI is InChI=1S/C12H8ClIN4/c1-6-3-2-4-7(8(6)5-15)10-9(14)11(13)18-12(16)17-10/h2-4H,1H3,(H2,16,17,18). The summed E-state index contributed by atoms with van der Waals surface area (Å²) < 4.78 is 0.686. The van der Waals surface area contributed by atoms with E-state index in [1.807, 2.05) is 47.7 Å². The average Bonchev–Trinajstić information content (AvgIpc) is 2.33. The molecule has 0 radical (unpaired) electrons. The van der Waals surface area contributed by atoms with Crippen molar-refractivity contribution >= 4 is 40.1 Å². The number of benzene rings is 1. The summed E-state index contributed by atoms with van der Waals surface area (Å²) in [6.45, 7) is 1.88. The molecule has 90 valence electrons. The number of aromatic nitrogens is 2. The molecule has 0 spiro atoms. The molecule has 0 fully saturated rings. The summed E-state index contributed by atoms with van der Waals surface area (Å²) in [5, 5.41) is 9.52. The second-order valence-electron chi connectivity index (χ2n) is 3.64. The van der Waals surface area contributed by atoms with E-state index in [1.54, 1.807) is 0 Å². The molecular formula is C12H8ClIN4. The molecular weight excluding hydrogens is 363 g/mol. The fourth-order valence-electron chi connectivity index (χ4n) is 1.63. The Morgan fingerprint density at radius 3 is 2.78 bits per heavy atom. The van der Waals surface area contributed by atoms with Crippen molar-refractivity contribution in [1.82, 2.24) is 9.97 Å². The number of nitrogens with two attached hydrogens (primary N) is 1. The van der Waals surface area contributed by atoms with Crippen LogP contribution in [0.3, 0.4) is 0 Å². The molecule has 1 aromatic carbocycles. The van der Waals surface area contributed by atoms with Crippen molar-refractivity contribution in [2.45, 2.75) is 6.92 Å². The predicted molar refractivity (Wildman–Crippen MR) is 79.1 cm³/mol. The number of aryl methyl sites for hydroxylation is 1. The Hall–Kier alpha value is -1.39. The van der Waals surface area contributed by atoms with E-state index in [0.717, 1.165) is 11.1 Å². The number of nitriles is 1. The normalized spacial score (nSPS) is 10.1. The SMILES string of the molecule is Cc1cccc(-c2nc(N)nc(Cl)c2I)c1C#N. The fourth-order valence-corrected chi connectivity index (χ4v) is 2.34. The molecule has 0 aliphatic rings. The highest BCUT2D eigenvalue weighted by molar-refractivity contribution is 14.1. The Kier molecular flexibility index (Phi) is 3.68. The van der Waals surface area contributed by atoms with Crippen molar-refractivity contribution in [3.63, 3.8) is 0 Å². The quantitative estimate of drug-likeness (QED) is 0.618. The summed E-state index contributed by atoms with van der Waals surface area (Å²) in [4.78, 5) is 8.06. The maximum absolute atomic E-state index is 9.23. The Morgan fingerprint density at radius 2 is 2.11 bits per heavy atom. The molecule has 0 saturated heterocycles. The maximum Gasteiger partial charge on any atom is 0.222 e. The van der Waals surface area contributed by atoms with Gasteiger partial charge in [-0.2, -0.15) is 5.26 Å². The second-order valence-corrected chi connectivity index (χ2v) is 5.08. The van der Waals surface area contributed by atoms with Crippen LogP contribution in [0, 0.1) is 21.8 Å². The molecule has 4 nitrogen and oxygen atoms in total. The lowest BCUT2D eigenvalue weighted by Gasteiger charge is -2.09. The first kappa shape index (κ1) is 13.1. The van der Waals surface area contributed by atoms with E-state index in [1.165, 1.54) is 0 Å². The van der Waals surface area contributed by atoms with Gasteiger partial charge in [0.05, 0.1) is 14.8 Å². The van der Waals surface area contributed by atoms with Gasteiger partial charge in [-0.15, -0.1) is 0 Å². The van der Waals surface area contributed by atoms with E-state index in [4.69, 9.17) is 17.3 Å². The van der Waals surface area contributed by atoms with Gasteiger partial charge >= 0.3 is 0 Å². The number of hydrogen-bond acceptors (Lipinski definition) is 4. The van der Waals surface area contributed by atoms with Crippen molar-refractivity contribution < 1.29 is 0 Å². The third-order valence-electron chi connectivity index (χ3n) is 2.47. The summed E-state index contributed by atoms with van der Waals surface area (Å²) in [5.74, 6) is 0.0980. The fraction of sp³-hybridized carbons (Fsp3) is 0.0833. The molecule has 6 heteroatoms. The smallest absolute Gasteiger partial charge is 0.222 e. The summed E-state index contributed by atoms with van der Waals surface area (Å²) in [6.07, 6.45) is 0. The van der Waals surface area contributed by atoms with Crippen molar-refractivity contribution in [3.8, 4) is 17.3 Å². The average molecular weight is 371 g/mol. The first-order valence-corrected chi connectivity index (χ1v) is 6.49. The molecule has 1 heterocycles.